The molecule has 1 unspecified atom stereocenters. The van der Waals surface area contributed by atoms with Crippen molar-refractivity contribution in [3.8, 4) is 0 Å². The van der Waals surface area contributed by atoms with Crippen molar-refractivity contribution < 1.29 is 13.2 Å². The third-order valence-corrected chi connectivity index (χ3v) is 2.79. The van der Waals surface area contributed by atoms with Gasteiger partial charge in [-0.05, 0) is 12.8 Å². The van der Waals surface area contributed by atoms with E-state index in [-0.39, 0.29) is 0 Å². The fourth-order valence-corrected chi connectivity index (χ4v) is 1.87. The third kappa shape index (κ3) is 5.54. The molecule has 0 radical (unpaired) electrons. The van der Waals surface area contributed by atoms with E-state index in [0.717, 1.165) is 32.2 Å². The Bertz CT molecular complexity index is 247. The molecule has 0 amide bonds. The monoisotopic (exact) mass is 222 g/mol. The molecule has 0 bridgehead atoms. The first-order valence-corrected chi connectivity index (χ1v) is 6.74. The lowest BCUT2D eigenvalue weighted by atomic mass is 10.2. The molecule has 1 saturated heterocycles. The maximum atomic E-state index is 10.7. The van der Waals surface area contributed by atoms with Gasteiger partial charge in [-0.2, -0.15) is 0 Å². The van der Waals surface area contributed by atoms with Gasteiger partial charge in [-0.25, -0.2) is 13.1 Å². The number of hydrogen-bond acceptors (Lipinski definition) is 4. The van der Waals surface area contributed by atoms with Gasteiger partial charge < -0.3 is 10.1 Å². The largest absolute Gasteiger partial charge is 0.377 e. The summed E-state index contributed by atoms with van der Waals surface area (Å²) in [6, 6.07) is 0. The predicted molar refractivity (Wildman–Crippen MR) is 54.7 cm³/mol. The highest BCUT2D eigenvalue weighted by atomic mass is 32.2. The lowest BCUT2D eigenvalue weighted by Crippen LogP contribution is -2.34. The topological polar surface area (TPSA) is 67.4 Å². The molecule has 0 saturated carbocycles. The van der Waals surface area contributed by atoms with Gasteiger partial charge in [0.25, 0.3) is 0 Å². The van der Waals surface area contributed by atoms with Crippen molar-refractivity contribution in [3.63, 3.8) is 0 Å². The number of hydrogen-bond donors (Lipinski definition) is 2. The van der Waals surface area contributed by atoms with Crippen molar-refractivity contribution in [2.45, 2.75) is 18.9 Å². The van der Waals surface area contributed by atoms with Crippen molar-refractivity contribution in [1.29, 1.82) is 0 Å². The Balaban J connectivity index is 1.94. The lowest BCUT2D eigenvalue weighted by molar-refractivity contribution is 0.110. The molecular formula is C8H18N2O3S. The zero-order chi connectivity index (χ0) is 10.4. The molecule has 5 nitrogen and oxygen atoms in total. The minimum atomic E-state index is -3.04. The number of rotatable bonds is 6. The number of nitrogens with one attached hydrogen (secondary N) is 2. The number of sulfonamides is 1. The van der Waals surface area contributed by atoms with Gasteiger partial charge in [-0.1, -0.05) is 0 Å². The first-order chi connectivity index (χ1) is 6.58. The van der Waals surface area contributed by atoms with Gasteiger partial charge in [-0.15, -0.1) is 0 Å². The second-order valence-corrected chi connectivity index (χ2v) is 5.34. The SMILES string of the molecule is CS(=O)(=O)NCCNCC1CCCO1. The highest BCUT2D eigenvalue weighted by Crippen LogP contribution is 2.10. The fraction of sp³-hybridized carbons (Fsp3) is 1.00. The first-order valence-electron chi connectivity index (χ1n) is 4.85. The van der Waals surface area contributed by atoms with Crippen LogP contribution in [0.3, 0.4) is 0 Å². The van der Waals surface area contributed by atoms with Crippen LogP contribution in [0.2, 0.25) is 0 Å². The average Bonchev–Trinajstić information content (AvgIpc) is 2.54. The van der Waals surface area contributed by atoms with Gasteiger partial charge in [0, 0.05) is 26.2 Å². The van der Waals surface area contributed by atoms with Gasteiger partial charge in [0.05, 0.1) is 12.4 Å². The Morgan fingerprint density at radius 2 is 2.21 bits per heavy atom. The van der Waals surface area contributed by atoms with Crippen LogP contribution < -0.4 is 10.0 Å². The van der Waals surface area contributed by atoms with Crippen LogP contribution in [0.15, 0.2) is 0 Å². The molecule has 1 fully saturated rings. The summed E-state index contributed by atoms with van der Waals surface area (Å²) in [5.74, 6) is 0. The van der Waals surface area contributed by atoms with Crippen molar-refractivity contribution in [2.24, 2.45) is 0 Å². The van der Waals surface area contributed by atoms with Crippen LogP contribution in [0.1, 0.15) is 12.8 Å². The summed E-state index contributed by atoms with van der Waals surface area (Å²) in [5, 5.41) is 3.15. The summed E-state index contributed by atoms with van der Waals surface area (Å²) in [6.45, 7) is 2.75. The van der Waals surface area contributed by atoms with E-state index in [4.69, 9.17) is 4.74 Å². The predicted octanol–water partition coefficient (Wildman–Crippen LogP) is -0.696. The molecule has 0 aromatic rings. The van der Waals surface area contributed by atoms with Crippen LogP contribution in [0.25, 0.3) is 0 Å². The molecule has 1 heterocycles. The summed E-state index contributed by atoms with van der Waals surface area (Å²) in [6.07, 6.45) is 3.71. The molecule has 1 rings (SSSR count). The van der Waals surface area contributed by atoms with Crippen LogP contribution in [0.4, 0.5) is 0 Å². The Morgan fingerprint density at radius 3 is 2.79 bits per heavy atom. The van der Waals surface area contributed by atoms with E-state index in [2.05, 4.69) is 10.0 Å². The average molecular weight is 222 g/mol. The molecule has 0 aromatic carbocycles. The molecule has 0 spiro atoms. The zero-order valence-electron chi connectivity index (χ0n) is 8.45. The standard InChI is InChI=1S/C8H18N2O3S/c1-14(11,12)10-5-4-9-7-8-3-2-6-13-8/h8-10H,2-7H2,1H3. The summed E-state index contributed by atoms with van der Waals surface area (Å²) in [7, 11) is -3.04. The molecule has 14 heavy (non-hydrogen) atoms. The van der Waals surface area contributed by atoms with E-state index in [1.165, 1.54) is 0 Å². The maximum absolute atomic E-state index is 10.7. The fourth-order valence-electron chi connectivity index (χ4n) is 1.39. The van der Waals surface area contributed by atoms with E-state index in [1.807, 2.05) is 0 Å². The van der Waals surface area contributed by atoms with E-state index < -0.39 is 10.0 Å². The molecule has 2 N–H and O–H groups in total. The van der Waals surface area contributed by atoms with Crippen molar-refractivity contribution in [2.75, 3.05) is 32.5 Å². The van der Waals surface area contributed by atoms with Gasteiger partial charge >= 0.3 is 0 Å². The first kappa shape index (κ1) is 11.9. The minimum Gasteiger partial charge on any atom is -0.377 e. The number of ether oxygens (including phenoxy) is 1. The van der Waals surface area contributed by atoms with Gasteiger partial charge in [0.2, 0.25) is 10.0 Å². The second-order valence-electron chi connectivity index (χ2n) is 3.51. The smallest absolute Gasteiger partial charge is 0.208 e. The van der Waals surface area contributed by atoms with Crippen molar-refractivity contribution in [3.05, 3.63) is 0 Å². The van der Waals surface area contributed by atoms with E-state index >= 15 is 0 Å². The lowest BCUT2D eigenvalue weighted by Gasteiger charge is -2.10. The summed E-state index contributed by atoms with van der Waals surface area (Å²) >= 11 is 0. The van der Waals surface area contributed by atoms with E-state index in [0.29, 0.717) is 19.2 Å². The zero-order valence-corrected chi connectivity index (χ0v) is 9.27. The van der Waals surface area contributed by atoms with Crippen LogP contribution >= 0.6 is 0 Å². The molecule has 6 heteroatoms. The minimum absolute atomic E-state index is 0.313. The summed E-state index contributed by atoms with van der Waals surface area (Å²) < 4.78 is 29.2. The maximum Gasteiger partial charge on any atom is 0.208 e. The Hall–Kier alpha value is -0.170. The van der Waals surface area contributed by atoms with Crippen LogP contribution in [-0.4, -0.2) is 47.0 Å². The van der Waals surface area contributed by atoms with E-state index in [1.54, 1.807) is 0 Å². The third-order valence-electron chi connectivity index (χ3n) is 2.06. The Kier molecular flexibility index (Phi) is 4.80. The Labute approximate surface area is 85.3 Å². The quantitative estimate of drug-likeness (QED) is 0.583. The molecule has 1 aliphatic heterocycles. The molecule has 1 aliphatic rings. The summed E-state index contributed by atoms with van der Waals surface area (Å²) in [5.41, 5.74) is 0. The van der Waals surface area contributed by atoms with Crippen molar-refractivity contribution >= 4 is 10.0 Å². The van der Waals surface area contributed by atoms with Gasteiger partial charge in [0.15, 0.2) is 0 Å². The summed E-state index contributed by atoms with van der Waals surface area (Å²) in [4.78, 5) is 0. The highest BCUT2D eigenvalue weighted by molar-refractivity contribution is 7.88. The van der Waals surface area contributed by atoms with Crippen LogP contribution in [0.5, 0.6) is 0 Å². The molecular weight excluding hydrogens is 204 g/mol. The van der Waals surface area contributed by atoms with Gasteiger partial charge in [-0.3, -0.25) is 0 Å². The van der Waals surface area contributed by atoms with Crippen LogP contribution in [-0.2, 0) is 14.8 Å². The van der Waals surface area contributed by atoms with Crippen LogP contribution in [0, 0.1) is 0 Å². The Morgan fingerprint density at radius 1 is 1.43 bits per heavy atom. The molecule has 0 aromatic heterocycles. The van der Waals surface area contributed by atoms with E-state index in [9.17, 15) is 8.42 Å². The molecule has 0 aliphatic carbocycles. The normalized spacial score (nSPS) is 22.8. The molecule has 1 atom stereocenters. The van der Waals surface area contributed by atoms with Crippen molar-refractivity contribution in [1.82, 2.24) is 10.0 Å². The highest BCUT2D eigenvalue weighted by Gasteiger charge is 2.14. The second kappa shape index (κ2) is 5.65. The van der Waals surface area contributed by atoms with Gasteiger partial charge in [0.1, 0.15) is 0 Å². The molecule has 84 valence electrons.